The molecule has 2 aromatic heterocycles. The van der Waals surface area contributed by atoms with E-state index in [1.807, 2.05) is 44.4 Å². The second-order valence-corrected chi connectivity index (χ2v) is 11.6. The van der Waals surface area contributed by atoms with Gasteiger partial charge in [-0.25, -0.2) is 4.98 Å². The number of anilines is 2. The van der Waals surface area contributed by atoms with Crippen LogP contribution >= 0.6 is 0 Å². The monoisotopic (exact) mass is 533 g/mol. The molecule has 0 atom stereocenters. The second kappa shape index (κ2) is 11.6. The molecular weight excluding hydrogens is 494 g/mol. The van der Waals surface area contributed by atoms with E-state index < -0.39 is 0 Å². The number of methoxy groups -OCH3 is 1. The Morgan fingerprint density at radius 1 is 1.13 bits per heavy atom. The number of imidazole rings is 1. The molecule has 0 aliphatic rings. The Kier molecular flexibility index (Phi) is 8.68. The average Bonchev–Trinajstić information content (AvgIpc) is 3.40. The number of carbonyl (C=O) groups excluding carboxylic acids is 2. The summed E-state index contributed by atoms with van der Waals surface area (Å²) in [4.78, 5) is 34.4. The minimum atomic E-state index is -0.369. The summed E-state index contributed by atoms with van der Waals surface area (Å²) in [6, 6.07) is 5.57. The summed E-state index contributed by atoms with van der Waals surface area (Å²) in [6.07, 6.45) is 8.12. The van der Waals surface area contributed by atoms with Crippen molar-refractivity contribution in [2.45, 2.75) is 53.9 Å². The summed E-state index contributed by atoms with van der Waals surface area (Å²) in [5.74, 6) is -0.298. The van der Waals surface area contributed by atoms with Gasteiger partial charge in [0.15, 0.2) is 5.75 Å². The Morgan fingerprint density at radius 2 is 1.85 bits per heavy atom. The average molecular weight is 534 g/mol. The van der Waals surface area contributed by atoms with E-state index in [4.69, 9.17) is 10.5 Å². The molecular formula is C29H39N7O3. The van der Waals surface area contributed by atoms with Gasteiger partial charge in [0.1, 0.15) is 5.70 Å². The van der Waals surface area contributed by atoms with E-state index in [2.05, 4.69) is 46.7 Å². The molecule has 2 amide bonds. The summed E-state index contributed by atoms with van der Waals surface area (Å²) in [7, 11) is 1.53. The molecule has 39 heavy (non-hydrogen) atoms. The molecule has 0 spiro atoms. The van der Waals surface area contributed by atoms with Gasteiger partial charge in [0.25, 0.3) is 11.8 Å². The zero-order valence-corrected chi connectivity index (χ0v) is 24.0. The number of nitrogens with one attached hydrogen (secondary N) is 3. The number of aryl methyl sites for hydroxylation is 1. The summed E-state index contributed by atoms with van der Waals surface area (Å²) in [5, 5.41) is 8.76. The van der Waals surface area contributed by atoms with Crippen LogP contribution in [0.4, 0.5) is 11.4 Å². The number of benzene rings is 1. The van der Waals surface area contributed by atoms with Crippen LogP contribution in [0.1, 0.15) is 63.2 Å². The summed E-state index contributed by atoms with van der Waals surface area (Å²) in [6.45, 7) is 14.6. The third-order valence-electron chi connectivity index (χ3n) is 5.94. The normalized spacial score (nSPS) is 12.2. The van der Waals surface area contributed by atoms with Gasteiger partial charge in [-0.15, -0.1) is 0 Å². The molecule has 5 N–H and O–H groups in total. The Balaban J connectivity index is 1.88. The van der Waals surface area contributed by atoms with Crippen molar-refractivity contribution < 1.29 is 14.3 Å². The van der Waals surface area contributed by atoms with Gasteiger partial charge in [0.2, 0.25) is 0 Å². The third-order valence-corrected chi connectivity index (χ3v) is 5.94. The first-order valence-corrected chi connectivity index (χ1v) is 12.7. The molecule has 0 fully saturated rings. The van der Waals surface area contributed by atoms with Gasteiger partial charge in [-0.2, -0.15) is 0 Å². The maximum absolute atomic E-state index is 13.6. The van der Waals surface area contributed by atoms with Crippen molar-refractivity contribution in [3.63, 3.8) is 0 Å². The predicted molar refractivity (Wildman–Crippen MR) is 154 cm³/mol. The van der Waals surface area contributed by atoms with Gasteiger partial charge < -0.3 is 31.0 Å². The van der Waals surface area contributed by atoms with E-state index in [-0.39, 0.29) is 28.3 Å². The van der Waals surface area contributed by atoms with Crippen molar-refractivity contribution >= 4 is 23.2 Å². The molecule has 10 heteroatoms. The highest BCUT2D eigenvalue weighted by atomic mass is 16.5. The van der Waals surface area contributed by atoms with Crippen molar-refractivity contribution in [2.24, 2.45) is 11.1 Å². The van der Waals surface area contributed by atoms with Crippen LogP contribution < -0.4 is 26.4 Å². The Bertz CT molecular complexity index is 1360. The molecule has 1 aromatic carbocycles. The Morgan fingerprint density at radius 3 is 2.44 bits per heavy atom. The first-order chi connectivity index (χ1) is 18.2. The molecule has 0 saturated carbocycles. The molecule has 3 rings (SSSR count). The largest absolute Gasteiger partial charge is 0.494 e. The van der Waals surface area contributed by atoms with E-state index in [1.54, 1.807) is 31.0 Å². The number of carbonyl (C=O) groups is 2. The molecule has 10 nitrogen and oxygen atoms in total. The molecule has 3 aromatic rings. The summed E-state index contributed by atoms with van der Waals surface area (Å²) in [5.41, 5.74) is 9.48. The van der Waals surface area contributed by atoms with Gasteiger partial charge in [-0.05, 0) is 41.5 Å². The lowest BCUT2D eigenvalue weighted by molar-refractivity contribution is -0.117. The molecule has 2 heterocycles. The van der Waals surface area contributed by atoms with Crippen LogP contribution in [-0.4, -0.2) is 40.0 Å². The number of amides is 2. The minimum Gasteiger partial charge on any atom is -0.494 e. The minimum absolute atomic E-state index is 0.0313. The number of hydrogen-bond acceptors (Lipinski definition) is 7. The molecule has 0 radical (unpaired) electrons. The van der Waals surface area contributed by atoms with Crippen LogP contribution in [0, 0.1) is 12.3 Å². The first-order valence-electron chi connectivity index (χ1n) is 12.7. The number of nitrogens with two attached hydrogens (primary N) is 1. The van der Waals surface area contributed by atoms with Crippen LogP contribution in [0.15, 0.2) is 55.0 Å². The van der Waals surface area contributed by atoms with E-state index in [0.717, 1.165) is 5.56 Å². The lowest BCUT2D eigenvalue weighted by atomic mass is 9.85. The molecule has 0 aliphatic heterocycles. The number of ether oxygens (including phenoxy) is 1. The molecule has 0 saturated heterocycles. The second-order valence-electron chi connectivity index (χ2n) is 11.6. The fraction of sp³-hybridized carbons (Fsp3) is 0.379. The van der Waals surface area contributed by atoms with Crippen molar-refractivity contribution in [3.05, 3.63) is 71.8 Å². The maximum atomic E-state index is 13.6. The van der Waals surface area contributed by atoms with Crippen molar-refractivity contribution in [1.29, 1.82) is 0 Å². The zero-order chi connectivity index (χ0) is 29.0. The van der Waals surface area contributed by atoms with Crippen LogP contribution in [-0.2, 0) is 10.2 Å². The molecule has 0 aliphatic carbocycles. The number of rotatable bonds is 8. The number of nitrogens with zero attached hydrogens (tertiary/aromatic N) is 3. The van der Waals surface area contributed by atoms with Gasteiger partial charge in [-0.3, -0.25) is 14.6 Å². The van der Waals surface area contributed by atoms with Crippen LogP contribution in [0.2, 0.25) is 0 Å². The van der Waals surface area contributed by atoms with Gasteiger partial charge in [0, 0.05) is 25.1 Å². The van der Waals surface area contributed by atoms with Crippen molar-refractivity contribution in [2.75, 3.05) is 24.3 Å². The van der Waals surface area contributed by atoms with E-state index >= 15 is 0 Å². The van der Waals surface area contributed by atoms with Crippen LogP contribution in [0.3, 0.4) is 0 Å². The molecule has 0 bridgehead atoms. The van der Waals surface area contributed by atoms with Gasteiger partial charge in [-0.1, -0.05) is 41.5 Å². The Hall–Kier alpha value is -4.34. The third kappa shape index (κ3) is 7.59. The SMILES string of the molecule is COc1c(C(=O)Nc2cnc(C)c(N/C=C(\N)C(=O)NCC(C)(C)C)c2)cc(C(C)(C)C)cc1-n1ccnc1. The summed E-state index contributed by atoms with van der Waals surface area (Å²) >= 11 is 0. The maximum Gasteiger partial charge on any atom is 0.268 e. The van der Waals surface area contributed by atoms with Crippen LogP contribution in [0.25, 0.3) is 5.69 Å². The topological polar surface area (TPSA) is 136 Å². The highest BCUT2D eigenvalue weighted by Gasteiger charge is 2.24. The lowest BCUT2D eigenvalue weighted by Gasteiger charge is -2.23. The number of aromatic nitrogens is 3. The van der Waals surface area contributed by atoms with E-state index in [1.165, 1.54) is 13.3 Å². The van der Waals surface area contributed by atoms with E-state index in [9.17, 15) is 9.59 Å². The highest BCUT2D eigenvalue weighted by molar-refractivity contribution is 6.07. The number of pyridine rings is 1. The predicted octanol–water partition coefficient (Wildman–Crippen LogP) is 4.51. The van der Waals surface area contributed by atoms with Crippen LogP contribution in [0.5, 0.6) is 5.75 Å². The van der Waals surface area contributed by atoms with Gasteiger partial charge >= 0.3 is 0 Å². The Labute approximate surface area is 230 Å². The van der Waals surface area contributed by atoms with E-state index in [0.29, 0.717) is 40.6 Å². The first kappa shape index (κ1) is 29.2. The van der Waals surface area contributed by atoms with Gasteiger partial charge in [0.05, 0.1) is 48.0 Å². The molecule has 0 unspecified atom stereocenters. The van der Waals surface area contributed by atoms with Crippen molar-refractivity contribution in [3.8, 4) is 11.4 Å². The highest BCUT2D eigenvalue weighted by Crippen LogP contribution is 2.34. The van der Waals surface area contributed by atoms with Crippen molar-refractivity contribution in [1.82, 2.24) is 19.9 Å². The fourth-order valence-electron chi connectivity index (χ4n) is 3.64. The zero-order valence-electron chi connectivity index (χ0n) is 24.0. The molecule has 208 valence electrons. The number of hydrogen-bond donors (Lipinski definition) is 4. The smallest absolute Gasteiger partial charge is 0.268 e. The fourth-order valence-corrected chi connectivity index (χ4v) is 3.64. The lowest BCUT2D eigenvalue weighted by Crippen LogP contribution is -2.35. The standard InChI is InChI=1S/C29H39N7O3/c1-18-23(33-15-22(30)27(38)34-16-28(2,3)4)13-20(14-32-18)35-26(37)21-11-19(29(5,6)7)12-24(25(21)39-8)36-10-9-31-17-36/h9-15,17,33H,16,30H2,1-8H3,(H,34,38)(H,35,37)/b22-15-. The quantitative estimate of drug-likeness (QED) is 0.313. The summed E-state index contributed by atoms with van der Waals surface area (Å²) < 4.78 is 7.51.